The number of furan rings is 1. The Morgan fingerprint density at radius 2 is 1.00 bits per heavy atom. The summed E-state index contributed by atoms with van der Waals surface area (Å²) < 4.78 is 6.02. The van der Waals surface area contributed by atoms with E-state index >= 15 is 0 Å². The largest absolute Gasteiger partial charge is 0.454 e. The van der Waals surface area contributed by atoms with Gasteiger partial charge in [0.05, 0.1) is 0 Å². The molecule has 3 heteroatoms. The highest BCUT2D eigenvalue weighted by molar-refractivity contribution is 6.04. The average molecular weight is 489 g/mol. The van der Waals surface area contributed by atoms with Crippen LogP contribution >= 0.6 is 0 Å². The van der Waals surface area contributed by atoms with E-state index in [-0.39, 0.29) is 0 Å². The van der Waals surface area contributed by atoms with Gasteiger partial charge in [0.2, 0.25) is 0 Å². The average Bonchev–Trinajstić information content (AvgIpc) is 3.37. The number of pyridine rings is 1. The van der Waals surface area contributed by atoms with Crippen LogP contribution in [0.4, 0.5) is 17.1 Å². The van der Waals surface area contributed by atoms with Crippen LogP contribution in [0.15, 0.2) is 150 Å². The number of fused-ring (bicyclic) bond motifs is 3. The molecule has 180 valence electrons. The van der Waals surface area contributed by atoms with Crippen LogP contribution < -0.4 is 4.90 Å². The smallest absolute Gasteiger partial charge is 0.153 e. The number of anilines is 3. The summed E-state index contributed by atoms with van der Waals surface area (Å²) >= 11 is 0. The molecule has 0 spiro atoms. The van der Waals surface area contributed by atoms with Crippen molar-refractivity contribution in [3.63, 3.8) is 0 Å². The van der Waals surface area contributed by atoms with Gasteiger partial charge in [-0.05, 0) is 76.9 Å². The zero-order valence-electron chi connectivity index (χ0n) is 20.7. The number of hydrogen-bond acceptors (Lipinski definition) is 3. The maximum atomic E-state index is 6.02. The fourth-order valence-electron chi connectivity index (χ4n) is 5.04. The lowest BCUT2D eigenvalue weighted by Crippen LogP contribution is -2.09. The van der Waals surface area contributed by atoms with Crippen LogP contribution in [-0.4, -0.2) is 4.98 Å². The molecule has 0 bridgehead atoms. The highest BCUT2D eigenvalue weighted by Crippen LogP contribution is 2.38. The van der Waals surface area contributed by atoms with Gasteiger partial charge in [0.25, 0.3) is 0 Å². The molecule has 0 N–H and O–H groups in total. The molecule has 38 heavy (non-hydrogen) atoms. The van der Waals surface area contributed by atoms with Gasteiger partial charge in [0, 0.05) is 28.6 Å². The van der Waals surface area contributed by atoms with E-state index in [1.807, 2.05) is 36.5 Å². The van der Waals surface area contributed by atoms with Crippen LogP contribution in [-0.2, 0) is 0 Å². The van der Waals surface area contributed by atoms with Gasteiger partial charge in [-0.2, -0.15) is 0 Å². The molecule has 2 heterocycles. The molecule has 0 amide bonds. The first kappa shape index (κ1) is 22.1. The number of para-hydroxylation sites is 1. The summed E-state index contributed by atoms with van der Waals surface area (Å²) in [7, 11) is 0. The second kappa shape index (κ2) is 9.38. The second-order valence-electron chi connectivity index (χ2n) is 9.29. The molecule has 7 aromatic rings. The summed E-state index contributed by atoms with van der Waals surface area (Å²) in [4.78, 5) is 6.84. The molecule has 0 fully saturated rings. The Balaban J connectivity index is 1.27. The van der Waals surface area contributed by atoms with Crippen LogP contribution in [0.25, 0.3) is 44.3 Å². The van der Waals surface area contributed by atoms with Crippen molar-refractivity contribution in [3.05, 3.63) is 146 Å². The van der Waals surface area contributed by atoms with Crippen LogP contribution in [0.1, 0.15) is 0 Å². The van der Waals surface area contributed by atoms with Crippen molar-refractivity contribution in [2.45, 2.75) is 0 Å². The SMILES string of the molecule is c1ccc(-c2ccc(-c3ccc(N(c4ccccc4)c4ccc5oc6cccnc6c5c4)cc3)cc2)cc1. The number of rotatable bonds is 5. The quantitative estimate of drug-likeness (QED) is 0.241. The van der Waals surface area contributed by atoms with Crippen LogP contribution in [0.5, 0.6) is 0 Å². The predicted molar refractivity (Wildman–Crippen MR) is 157 cm³/mol. The fraction of sp³-hybridized carbons (Fsp3) is 0. The van der Waals surface area contributed by atoms with Crippen molar-refractivity contribution in [2.24, 2.45) is 0 Å². The van der Waals surface area contributed by atoms with Crippen molar-refractivity contribution >= 4 is 39.1 Å². The molecule has 0 aliphatic rings. The van der Waals surface area contributed by atoms with E-state index in [9.17, 15) is 0 Å². The van der Waals surface area contributed by atoms with E-state index < -0.39 is 0 Å². The predicted octanol–water partition coefficient (Wildman–Crippen LogP) is 9.78. The van der Waals surface area contributed by atoms with Crippen LogP contribution in [0.2, 0.25) is 0 Å². The Kier molecular flexibility index (Phi) is 5.45. The number of hydrogen-bond donors (Lipinski definition) is 0. The molecule has 0 aliphatic carbocycles. The van der Waals surface area contributed by atoms with Gasteiger partial charge in [-0.25, -0.2) is 0 Å². The Morgan fingerprint density at radius 1 is 0.447 bits per heavy atom. The summed E-state index contributed by atoms with van der Waals surface area (Å²) in [5.41, 5.74) is 10.6. The van der Waals surface area contributed by atoms with E-state index in [4.69, 9.17) is 4.42 Å². The third kappa shape index (κ3) is 4.00. The summed E-state index contributed by atoms with van der Waals surface area (Å²) in [5.74, 6) is 0. The molecule has 2 aromatic heterocycles. The van der Waals surface area contributed by atoms with Gasteiger partial charge in [-0.1, -0.05) is 84.9 Å². The van der Waals surface area contributed by atoms with Gasteiger partial charge in [0.15, 0.2) is 5.58 Å². The number of aromatic nitrogens is 1. The standard InChI is InChI=1S/C35H24N2O/c1-3-8-25(9-4-1)26-13-15-27(16-14-26)28-17-19-30(20-18-28)37(29-10-5-2-6-11-29)31-21-22-33-32(24-31)35-34(38-33)12-7-23-36-35/h1-24H. The lowest BCUT2D eigenvalue weighted by atomic mass is 10.00. The Morgan fingerprint density at radius 3 is 1.68 bits per heavy atom. The van der Waals surface area contributed by atoms with Crippen molar-refractivity contribution in [3.8, 4) is 22.3 Å². The third-order valence-corrected chi connectivity index (χ3v) is 6.93. The number of benzene rings is 5. The molecular formula is C35H24N2O. The topological polar surface area (TPSA) is 29.3 Å². The normalized spacial score (nSPS) is 11.2. The summed E-state index contributed by atoms with van der Waals surface area (Å²) in [6.45, 7) is 0. The summed E-state index contributed by atoms with van der Waals surface area (Å²) in [6.07, 6.45) is 1.81. The van der Waals surface area contributed by atoms with Crippen molar-refractivity contribution < 1.29 is 4.42 Å². The molecular weight excluding hydrogens is 464 g/mol. The molecule has 0 unspecified atom stereocenters. The molecule has 0 atom stereocenters. The van der Waals surface area contributed by atoms with Crippen molar-refractivity contribution in [2.75, 3.05) is 4.90 Å². The van der Waals surface area contributed by atoms with Crippen molar-refractivity contribution in [1.82, 2.24) is 4.98 Å². The van der Waals surface area contributed by atoms with E-state index in [2.05, 4.69) is 119 Å². The highest BCUT2D eigenvalue weighted by atomic mass is 16.3. The zero-order valence-corrected chi connectivity index (χ0v) is 20.7. The second-order valence-corrected chi connectivity index (χ2v) is 9.29. The fourth-order valence-corrected chi connectivity index (χ4v) is 5.04. The lowest BCUT2D eigenvalue weighted by Gasteiger charge is -2.25. The minimum absolute atomic E-state index is 0.800. The minimum Gasteiger partial charge on any atom is -0.454 e. The third-order valence-electron chi connectivity index (χ3n) is 6.93. The monoisotopic (exact) mass is 488 g/mol. The van der Waals surface area contributed by atoms with E-state index in [1.54, 1.807) is 0 Å². The molecule has 0 radical (unpaired) electrons. The van der Waals surface area contributed by atoms with Crippen LogP contribution in [0.3, 0.4) is 0 Å². The van der Waals surface area contributed by atoms with Gasteiger partial charge in [-0.3, -0.25) is 4.98 Å². The van der Waals surface area contributed by atoms with E-state index in [0.717, 1.165) is 39.1 Å². The summed E-state index contributed by atoms with van der Waals surface area (Å²) in [5, 5.41) is 1.01. The first-order valence-corrected chi connectivity index (χ1v) is 12.7. The lowest BCUT2D eigenvalue weighted by molar-refractivity contribution is 0.668. The minimum atomic E-state index is 0.800. The maximum Gasteiger partial charge on any atom is 0.153 e. The Labute approximate surface area is 221 Å². The number of nitrogens with zero attached hydrogens (tertiary/aromatic N) is 2. The first-order chi connectivity index (χ1) is 18.8. The van der Waals surface area contributed by atoms with Crippen molar-refractivity contribution in [1.29, 1.82) is 0 Å². The highest BCUT2D eigenvalue weighted by Gasteiger charge is 2.15. The molecule has 0 saturated heterocycles. The van der Waals surface area contributed by atoms with E-state index in [0.29, 0.717) is 0 Å². The van der Waals surface area contributed by atoms with Crippen LogP contribution in [0, 0.1) is 0 Å². The Hall–Kier alpha value is -5.15. The van der Waals surface area contributed by atoms with Gasteiger partial charge >= 0.3 is 0 Å². The molecule has 0 aliphatic heterocycles. The van der Waals surface area contributed by atoms with Gasteiger partial charge in [-0.15, -0.1) is 0 Å². The zero-order chi connectivity index (χ0) is 25.3. The molecule has 5 aromatic carbocycles. The first-order valence-electron chi connectivity index (χ1n) is 12.7. The van der Waals surface area contributed by atoms with Gasteiger partial charge < -0.3 is 9.32 Å². The van der Waals surface area contributed by atoms with E-state index in [1.165, 1.54) is 22.3 Å². The maximum absolute atomic E-state index is 6.02. The Bertz CT molecular complexity index is 1840. The van der Waals surface area contributed by atoms with Gasteiger partial charge in [0.1, 0.15) is 11.1 Å². The molecule has 7 rings (SSSR count). The molecule has 0 saturated carbocycles. The molecule has 3 nitrogen and oxygen atoms in total. The summed E-state index contributed by atoms with van der Waals surface area (Å²) in [6, 6.07) is 48.6.